The highest BCUT2D eigenvalue weighted by molar-refractivity contribution is 5.71. The minimum atomic E-state index is -0.790. The van der Waals surface area contributed by atoms with E-state index < -0.39 is 10.9 Å². The first-order chi connectivity index (χ1) is 9.90. The van der Waals surface area contributed by atoms with Crippen LogP contribution >= 0.6 is 0 Å². The lowest BCUT2D eigenvalue weighted by molar-refractivity contribution is -0.385. The number of ether oxygens (including phenoxy) is 1. The van der Waals surface area contributed by atoms with Gasteiger partial charge in [0, 0.05) is 25.7 Å². The summed E-state index contributed by atoms with van der Waals surface area (Å²) >= 11 is 0. The minimum absolute atomic E-state index is 0.0219. The van der Waals surface area contributed by atoms with E-state index in [2.05, 4.69) is 0 Å². The second-order valence-electron chi connectivity index (χ2n) is 5.41. The van der Waals surface area contributed by atoms with E-state index in [1.165, 1.54) is 19.2 Å². The van der Waals surface area contributed by atoms with Crippen LogP contribution in [0.15, 0.2) is 18.2 Å². The summed E-state index contributed by atoms with van der Waals surface area (Å²) in [6.45, 7) is 3.52. The van der Waals surface area contributed by atoms with Gasteiger partial charge in [-0.25, -0.2) is 0 Å². The van der Waals surface area contributed by atoms with Crippen LogP contribution in [-0.4, -0.2) is 41.1 Å². The summed E-state index contributed by atoms with van der Waals surface area (Å²) in [5.74, 6) is -0.670. The first-order valence-corrected chi connectivity index (χ1v) is 6.68. The lowest BCUT2D eigenvalue weighted by atomic mass is 9.99. The van der Waals surface area contributed by atoms with E-state index in [9.17, 15) is 14.9 Å². The quantitative estimate of drug-likeness (QED) is 0.657. The summed E-state index contributed by atoms with van der Waals surface area (Å²) < 4.78 is 5.07. The van der Waals surface area contributed by atoms with Crippen molar-refractivity contribution in [1.82, 2.24) is 4.90 Å². The van der Waals surface area contributed by atoms with Gasteiger partial charge in [0.2, 0.25) is 0 Å². The zero-order valence-electron chi connectivity index (χ0n) is 12.0. The third kappa shape index (κ3) is 3.49. The zero-order chi connectivity index (χ0) is 15.6. The van der Waals surface area contributed by atoms with E-state index in [1.807, 2.05) is 11.8 Å². The molecule has 1 N–H and O–H groups in total. The monoisotopic (exact) mass is 294 g/mol. The van der Waals surface area contributed by atoms with Crippen molar-refractivity contribution in [3.63, 3.8) is 0 Å². The molecule has 0 spiro atoms. The fourth-order valence-electron chi connectivity index (χ4n) is 2.73. The van der Waals surface area contributed by atoms with Crippen molar-refractivity contribution in [2.24, 2.45) is 11.8 Å². The molecule has 1 aromatic carbocycles. The molecule has 7 nitrogen and oxygen atoms in total. The molecule has 1 aromatic rings. The number of likely N-dealkylation sites (tertiary alicyclic amines) is 1. The lowest BCUT2D eigenvalue weighted by Crippen LogP contribution is -2.23. The average Bonchev–Trinajstić information content (AvgIpc) is 2.79. The minimum Gasteiger partial charge on any atom is -0.496 e. The van der Waals surface area contributed by atoms with E-state index in [1.54, 1.807) is 6.07 Å². The highest BCUT2D eigenvalue weighted by Gasteiger charge is 2.34. The maximum atomic E-state index is 11.1. The molecule has 0 saturated carbocycles. The van der Waals surface area contributed by atoms with Gasteiger partial charge in [0.25, 0.3) is 5.69 Å². The molecule has 1 aliphatic heterocycles. The van der Waals surface area contributed by atoms with E-state index in [-0.39, 0.29) is 17.5 Å². The molecule has 1 fully saturated rings. The summed E-state index contributed by atoms with van der Waals surface area (Å²) in [5, 5.41) is 20.0. The van der Waals surface area contributed by atoms with Crippen LogP contribution in [0.25, 0.3) is 0 Å². The molecule has 1 aliphatic rings. The number of benzene rings is 1. The number of carboxylic acids is 1. The number of nitro groups is 1. The molecule has 1 saturated heterocycles. The Balaban J connectivity index is 2.15. The maximum absolute atomic E-state index is 11.1. The van der Waals surface area contributed by atoms with Gasteiger partial charge in [0.1, 0.15) is 5.75 Å². The molecule has 7 heteroatoms. The van der Waals surface area contributed by atoms with E-state index in [0.717, 1.165) is 5.56 Å². The largest absolute Gasteiger partial charge is 0.496 e. The molecule has 2 rings (SSSR count). The van der Waals surface area contributed by atoms with Crippen LogP contribution in [0.3, 0.4) is 0 Å². The van der Waals surface area contributed by atoms with Gasteiger partial charge in [-0.2, -0.15) is 0 Å². The number of nitro benzene ring substituents is 1. The Bertz CT molecular complexity index is 560. The molecule has 21 heavy (non-hydrogen) atoms. The van der Waals surface area contributed by atoms with Crippen LogP contribution in [0.1, 0.15) is 12.5 Å². The van der Waals surface area contributed by atoms with E-state index >= 15 is 0 Å². The van der Waals surface area contributed by atoms with E-state index in [4.69, 9.17) is 9.84 Å². The Labute approximate surface area is 122 Å². The fraction of sp³-hybridized carbons (Fsp3) is 0.500. The number of nitrogens with zero attached hydrogens (tertiary/aromatic N) is 2. The predicted molar refractivity (Wildman–Crippen MR) is 75.2 cm³/mol. The van der Waals surface area contributed by atoms with Gasteiger partial charge in [-0.1, -0.05) is 6.92 Å². The predicted octanol–water partition coefficient (Wildman–Crippen LogP) is 1.76. The van der Waals surface area contributed by atoms with Crippen LogP contribution in [-0.2, 0) is 11.3 Å². The van der Waals surface area contributed by atoms with Gasteiger partial charge in [-0.3, -0.25) is 19.8 Å². The van der Waals surface area contributed by atoms with Gasteiger partial charge in [-0.05, 0) is 17.5 Å². The molecular formula is C14H18N2O5. The zero-order valence-corrected chi connectivity index (χ0v) is 12.0. The second kappa shape index (κ2) is 6.09. The Morgan fingerprint density at radius 1 is 1.48 bits per heavy atom. The Kier molecular flexibility index (Phi) is 4.42. The molecule has 0 unspecified atom stereocenters. The van der Waals surface area contributed by atoms with Gasteiger partial charge >= 0.3 is 5.97 Å². The number of carbonyl (C=O) groups is 1. The maximum Gasteiger partial charge on any atom is 0.308 e. The molecule has 0 aromatic heterocycles. The number of methoxy groups -OCH3 is 1. The normalized spacial score (nSPS) is 22.2. The molecule has 1 heterocycles. The highest BCUT2D eigenvalue weighted by Crippen LogP contribution is 2.27. The van der Waals surface area contributed by atoms with Gasteiger partial charge in [0.05, 0.1) is 24.0 Å². The van der Waals surface area contributed by atoms with Crippen molar-refractivity contribution < 1.29 is 19.6 Å². The standard InChI is InChI=1S/C14H18N2O5/c1-9-6-15(8-13(9)14(17)18)7-10-3-11(16(19)20)5-12(4-10)21-2/h3-5,9,13H,6-8H2,1-2H3,(H,17,18)/t9-,13-/m1/s1. The second-order valence-corrected chi connectivity index (χ2v) is 5.41. The number of carboxylic acid groups (broad SMARTS) is 1. The Morgan fingerprint density at radius 3 is 2.71 bits per heavy atom. The third-order valence-electron chi connectivity index (χ3n) is 3.81. The average molecular weight is 294 g/mol. The van der Waals surface area contributed by atoms with Crippen LogP contribution in [0, 0.1) is 22.0 Å². The van der Waals surface area contributed by atoms with Crippen molar-refractivity contribution in [3.8, 4) is 5.75 Å². The van der Waals surface area contributed by atoms with Crippen molar-refractivity contribution in [3.05, 3.63) is 33.9 Å². The van der Waals surface area contributed by atoms with Crippen molar-refractivity contribution in [1.29, 1.82) is 0 Å². The summed E-state index contributed by atoms with van der Waals surface area (Å²) in [6.07, 6.45) is 0. The molecule has 0 radical (unpaired) electrons. The Morgan fingerprint density at radius 2 is 2.19 bits per heavy atom. The number of rotatable bonds is 5. The number of non-ortho nitro benzene ring substituents is 1. The van der Waals surface area contributed by atoms with Crippen molar-refractivity contribution in [2.45, 2.75) is 13.5 Å². The van der Waals surface area contributed by atoms with Gasteiger partial charge in [0.15, 0.2) is 0 Å². The molecule has 0 aliphatic carbocycles. The van der Waals surface area contributed by atoms with Crippen molar-refractivity contribution >= 4 is 11.7 Å². The lowest BCUT2D eigenvalue weighted by Gasteiger charge is -2.15. The van der Waals surface area contributed by atoms with Gasteiger partial charge < -0.3 is 9.84 Å². The number of hydrogen-bond acceptors (Lipinski definition) is 5. The highest BCUT2D eigenvalue weighted by atomic mass is 16.6. The first kappa shape index (κ1) is 15.2. The van der Waals surface area contributed by atoms with Crippen LogP contribution in [0.5, 0.6) is 5.75 Å². The Hall–Kier alpha value is -2.15. The molecular weight excluding hydrogens is 276 g/mol. The van der Waals surface area contributed by atoms with Crippen LogP contribution < -0.4 is 4.74 Å². The third-order valence-corrected chi connectivity index (χ3v) is 3.81. The number of hydrogen-bond donors (Lipinski definition) is 1. The van der Waals surface area contributed by atoms with Gasteiger partial charge in [-0.15, -0.1) is 0 Å². The van der Waals surface area contributed by atoms with Crippen molar-refractivity contribution in [2.75, 3.05) is 20.2 Å². The fourth-order valence-corrected chi connectivity index (χ4v) is 2.73. The summed E-state index contributed by atoms with van der Waals surface area (Å²) in [5.41, 5.74) is 0.727. The van der Waals surface area contributed by atoms with E-state index in [0.29, 0.717) is 25.4 Å². The molecule has 0 amide bonds. The summed E-state index contributed by atoms with van der Waals surface area (Å²) in [6, 6.07) is 4.61. The smallest absolute Gasteiger partial charge is 0.308 e. The van der Waals surface area contributed by atoms with Crippen LogP contribution in [0.2, 0.25) is 0 Å². The summed E-state index contributed by atoms with van der Waals surface area (Å²) in [7, 11) is 1.46. The molecule has 0 bridgehead atoms. The molecule has 114 valence electrons. The molecule has 2 atom stereocenters. The topological polar surface area (TPSA) is 92.9 Å². The van der Waals surface area contributed by atoms with Crippen LogP contribution in [0.4, 0.5) is 5.69 Å². The SMILES string of the molecule is COc1cc(CN2C[C@@H](C)[C@H](C(=O)O)C2)cc([N+](=O)[O-])c1. The summed E-state index contributed by atoms with van der Waals surface area (Å²) in [4.78, 5) is 23.6. The number of aliphatic carboxylic acids is 1. The first-order valence-electron chi connectivity index (χ1n) is 6.68.